The Morgan fingerprint density at radius 1 is 0.943 bits per heavy atom. The molecule has 0 bridgehead atoms. The van der Waals surface area contributed by atoms with Gasteiger partial charge in [0, 0.05) is 35.9 Å². The van der Waals surface area contributed by atoms with Crippen LogP contribution in [0.1, 0.15) is 36.6 Å². The number of rotatable bonds is 7. The van der Waals surface area contributed by atoms with Crippen molar-refractivity contribution in [1.29, 1.82) is 0 Å². The van der Waals surface area contributed by atoms with Crippen molar-refractivity contribution < 1.29 is 19.1 Å². The highest BCUT2D eigenvalue weighted by Gasteiger charge is 2.46. The zero-order valence-electron chi connectivity index (χ0n) is 19.5. The summed E-state index contributed by atoms with van der Waals surface area (Å²) in [7, 11) is 0. The van der Waals surface area contributed by atoms with Crippen molar-refractivity contribution in [2.45, 2.75) is 26.4 Å². The van der Waals surface area contributed by atoms with Crippen molar-refractivity contribution in [3.8, 4) is 0 Å². The van der Waals surface area contributed by atoms with Gasteiger partial charge in [-0.15, -0.1) is 0 Å². The molecule has 0 radical (unpaired) electrons. The monoisotopic (exact) mass is 492 g/mol. The Morgan fingerprint density at radius 2 is 1.54 bits per heavy atom. The summed E-state index contributed by atoms with van der Waals surface area (Å²) in [6, 6.07) is 19.0. The minimum absolute atomic E-state index is 0.00928. The largest absolute Gasteiger partial charge is 0.507 e. The summed E-state index contributed by atoms with van der Waals surface area (Å²) in [5, 5.41) is 11.6. The van der Waals surface area contributed by atoms with Crippen molar-refractivity contribution >= 4 is 34.7 Å². The van der Waals surface area contributed by atoms with Crippen LogP contribution >= 0.6 is 11.6 Å². The van der Waals surface area contributed by atoms with Crippen LogP contribution in [0.4, 0.5) is 10.1 Å². The van der Waals surface area contributed by atoms with E-state index in [1.54, 1.807) is 36.4 Å². The fourth-order valence-corrected chi connectivity index (χ4v) is 4.52. The number of halogens is 2. The molecule has 0 aliphatic carbocycles. The Balaban J connectivity index is 1.82. The quantitative estimate of drug-likeness (QED) is 0.251. The summed E-state index contributed by atoms with van der Waals surface area (Å²) in [6.45, 7) is 5.91. The molecule has 0 aromatic heterocycles. The molecule has 1 saturated heterocycles. The molecule has 3 aromatic rings. The first-order valence-corrected chi connectivity index (χ1v) is 11.9. The topological polar surface area (TPSA) is 60.9 Å². The summed E-state index contributed by atoms with van der Waals surface area (Å²) in [5.41, 5.74) is 2.78. The maximum absolute atomic E-state index is 13.4. The van der Waals surface area contributed by atoms with E-state index in [4.69, 9.17) is 11.6 Å². The Morgan fingerprint density at radius 3 is 2.11 bits per heavy atom. The summed E-state index contributed by atoms with van der Waals surface area (Å²) in [5.74, 6) is -2.14. The maximum atomic E-state index is 13.4. The Labute approximate surface area is 209 Å². The standard InChI is InChI=1S/C28H26ClFN2O3/c1-3-31(4-2)23-15-9-19(10-16-23)25-24(26(33)20-7-11-21(29)12-8-20)27(34)28(35)32(25)17-18-5-13-22(30)14-6-18/h5-16,25,33H,3-4,17H2,1-2H3/b26-24-. The van der Waals surface area contributed by atoms with Crippen LogP contribution in [0.5, 0.6) is 0 Å². The molecular weight excluding hydrogens is 467 g/mol. The van der Waals surface area contributed by atoms with Crippen LogP contribution in [0.3, 0.4) is 0 Å². The number of ketones is 1. The molecule has 7 heteroatoms. The predicted molar refractivity (Wildman–Crippen MR) is 136 cm³/mol. The van der Waals surface area contributed by atoms with E-state index in [0.717, 1.165) is 18.8 Å². The van der Waals surface area contributed by atoms with Gasteiger partial charge in [0.05, 0.1) is 11.6 Å². The van der Waals surface area contributed by atoms with Crippen LogP contribution in [0.2, 0.25) is 5.02 Å². The van der Waals surface area contributed by atoms with Gasteiger partial charge in [-0.3, -0.25) is 9.59 Å². The van der Waals surface area contributed by atoms with Gasteiger partial charge < -0.3 is 14.9 Å². The van der Waals surface area contributed by atoms with Crippen molar-refractivity contribution in [2.75, 3.05) is 18.0 Å². The maximum Gasteiger partial charge on any atom is 0.295 e. The van der Waals surface area contributed by atoms with Gasteiger partial charge in [-0.05, 0) is 73.5 Å². The summed E-state index contributed by atoms with van der Waals surface area (Å²) in [6.07, 6.45) is 0. The molecule has 180 valence electrons. The third kappa shape index (κ3) is 4.93. The minimum atomic E-state index is -0.804. The first-order chi connectivity index (χ1) is 16.8. The third-order valence-corrected chi connectivity index (χ3v) is 6.51. The number of carbonyl (C=O) groups excluding carboxylic acids is 2. The Kier molecular flexibility index (Phi) is 7.22. The normalized spacial score (nSPS) is 17.1. The average molecular weight is 493 g/mol. The van der Waals surface area contributed by atoms with Crippen molar-refractivity contribution in [1.82, 2.24) is 4.90 Å². The number of likely N-dealkylation sites (tertiary alicyclic amines) is 1. The van der Waals surface area contributed by atoms with Gasteiger partial charge in [0.2, 0.25) is 0 Å². The van der Waals surface area contributed by atoms with Crippen LogP contribution in [-0.2, 0) is 16.1 Å². The highest BCUT2D eigenvalue weighted by atomic mass is 35.5. The number of amides is 1. The number of Topliss-reactive ketones (excluding diaryl/α,β-unsaturated/α-hetero) is 1. The van der Waals surface area contributed by atoms with E-state index in [9.17, 15) is 19.1 Å². The smallest absolute Gasteiger partial charge is 0.295 e. The van der Waals surface area contributed by atoms with Gasteiger partial charge in [0.15, 0.2) is 0 Å². The first-order valence-electron chi connectivity index (χ1n) is 11.5. The van der Waals surface area contributed by atoms with Crippen LogP contribution in [0.25, 0.3) is 5.76 Å². The van der Waals surface area contributed by atoms with Crippen molar-refractivity contribution in [2.24, 2.45) is 0 Å². The van der Waals surface area contributed by atoms with Crippen LogP contribution in [0, 0.1) is 5.82 Å². The predicted octanol–water partition coefficient (Wildman–Crippen LogP) is 5.95. The van der Waals surface area contributed by atoms with Gasteiger partial charge in [-0.1, -0.05) is 35.9 Å². The number of aliphatic hydroxyl groups excluding tert-OH is 1. The molecule has 1 fully saturated rings. The third-order valence-electron chi connectivity index (χ3n) is 6.26. The van der Waals surface area contributed by atoms with Gasteiger partial charge in [-0.25, -0.2) is 4.39 Å². The van der Waals surface area contributed by atoms with E-state index in [1.807, 2.05) is 24.3 Å². The van der Waals surface area contributed by atoms with Gasteiger partial charge in [0.1, 0.15) is 11.6 Å². The molecule has 1 amide bonds. The molecule has 1 unspecified atom stereocenters. The fraction of sp³-hybridized carbons (Fsp3) is 0.214. The highest BCUT2D eigenvalue weighted by Crippen LogP contribution is 2.40. The molecule has 0 saturated carbocycles. The van der Waals surface area contributed by atoms with Gasteiger partial charge >= 0.3 is 0 Å². The summed E-state index contributed by atoms with van der Waals surface area (Å²) in [4.78, 5) is 30.0. The second-order valence-corrected chi connectivity index (χ2v) is 8.76. The zero-order valence-corrected chi connectivity index (χ0v) is 20.3. The lowest BCUT2D eigenvalue weighted by atomic mass is 9.95. The number of nitrogens with zero attached hydrogens (tertiary/aromatic N) is 2. The molecule has 1 aliphatic rings. The molecule has 35 heavy (non-hydrogen) atoms. The fourth-order valence-electron chi connectivity index (χ4n) is 4.40. The van der Waals surface area contributed by atoms with Crippen LogP contribution < -0.4 is 4.90 Å². The average Bonchev–Trinajstić information content (AvgIpc) is 3.11. The van der Waals surface area contributed by atoms with Gasteiger partial charge in [-0.2, -0.15) is 0 Å². The molecular formula is C28H26ClFN2O3. The molecule has 1 atom stereocenters. The van der Waals surface area contributed by atoms with Crippen molar-refractivity contribution in [3.63, 3.8) is 0 Å². The van der Waals surface area contributed by atoms with E-state index in [-0.39, 0.29) is 23.7 Å². The number of carbonyl (C=O) groups is 2. The molecule has 5 nitrogen and oxygen atoms in total. The summed E-state index contributed by atoms with van der Waals surface area (Å²) >= 11 is 5.98. The lowest BCUT2D eigenvalue weighted by Crippen LogP contribution is -2.29. The van der Waals surface area contributed by atoms with Crippen LogP contribution in [-0.4, -0.2) is 34.8 Å². The zero-order chi connectivity index (χ0) is 25.1. The van der Waals surface area contributed by atoms with E-state index in [2.05, 4.69) is 18.7 Å². The second kappa shape index (κ2) is 10.3. The Hall–Kier alpha value is -3.64. The first kappa shape index (κ1) is 24.5. The number of benzene rings is 3. The van der Waals surface area contributed by atoms with E-state index in [1.165, 1.54) is 17.0 Å². The second-order valence-electron chi connectivity index (χ2n) is 8.32. The number of aliphatic hydroxyl groups is 1. The lowest BCUT2D eigenvalue weighted by Gasteiger charge is -2.27. The number of anilines is 1. The molecule has 1 N–H and O–H groups in total. The Bertz CT molecular complexity index is 1250. The number of hydrogen-bond acceptors (Lipinski definition) is 4. The minimum Gasteiger partial charge on any atom is -0.507 e. The van der Waals surface area contributed by atoms with E-state index >= 15 is 0 Å². The summed E-state index contributed by atoms with van der Waals surface area (Å²) < 4.78 is 13.4. The molecule has 1 aliphatic heterocycles. The SMILES string of the molecule is CCN(CC)c1ccc(C2/C(=C(/O)c3ccc(Cl)cc3)C(=O)C(=O)N2Cc2ccc(F)cc2)cc1. The molecule has 4 rings (SSSR count). The van der Waals surface area contributed by atoms with Crippen molar-refractivity contribution in [3.05, 3.63) is 106 Å². The number of hydrogen-bond donors (Lipinski definition) is 1. The molecule has 3 aromatic carbocycles. The van der Waals surface area contributed by atoms with Crippen LogP contribution in [0.15, 0.2) is 78.4 Å². The van der Waals surface area contributed by atoms with E-state index in [0.29, 0.717) is 21.7 Å². The van der Waals surface area contributed by atoms with Gasteiger partial charge in [0.25, 0.3) is 11.7 Å². The molecule has 0 spiro atoms. The lowest BCUT2D eigenvalue weighted by molar-refractivity contribution is -0.140. The van der Waals surface area contributed by atoms with E-state index < -0.39 is 17.7 Å². The highest BCUT2D eigenvalue weighted by molar-refractivity contribution is 6.46. The molecule has 1 heterocycles.